The Morgan fingerprint density at radius 3 is 2.14 bits per heavy atom. The number of nitrogens with zero attached hydrogens (tertiary/aromatic N) is 1. The highest BCUT2D eigenvalue weighted by Crippen LogP contribution is 2.15. The summed E-state index contributed by atoms with van der Waals surface area (Å²) in [5, 5.41) is 2.75. The predicted octanol–water partition coefficient (Wildman–Crippen LogP) is 3.48. The van der Waals surface area contributed by atoms with Gasteiger partial charge in [0.05, 0.1) is 0 Å². The van der Waals surface area contributed by atoms with E-state index >= 15 is 0 Å². The first-order valence-corrected chi connectivity index (χ1v) is 10.6. The minimum atomic E-state index is -1.95. The van der Waals surface area contributed by atoms with Crippen LogP contribution < -0.4 is 5.32 Å². The zero-order chi connectivity index (χ0) is 16.7. The summed E-state index contributed by atoms with van der Waals surface area (Å²) in [6.45, 7) is 8.49. The Morgan fingerprint density at radius 1 is 1.09 bits per heavy atom. The van der Waals surface area contributed by atoms with Crippen LogP contribution in [0.25, 0.3) is 0 Å². The van der Waals surface area contributed by atoms with Crippen molar-refractivity contribution in [3.05, 3.63) is 35.9 Å². The van der Waals surface area contributed by atoms with Crippen molar-refractivity contribution >= 4 is 14.8 Å². The molecule has 0 saturated carbocycles. The number of nitrogens with one attached hydrogen (secondary N) is 1. The summed E-state index contributed by atoms with van der Waals surface area (Å²) in [5.74, 6) is 0. The van der Waals surface area contributed by atoms with Gasteiger partial charge >= 0.3 is 8.56 Å². The normalized spacial score (nSPS) is 11.3. The van der Waals surface area contributed by atoms with Crippen LogP contribution in [-0.2, 0) is 8.85 Å². The molecule has 1 aromatic rings. The first-order valence-electron chi connectivity index (χ1n) is 8.03. The lowest BCUT2D eigenvalue weighted by atomic mass is 10.2. The van der Waals surface area contributed by atoms with E-state index in [9.17, 15) is 0 Å². The molecule has 0 aliphatic heterocycles. The van der Waals surface area contributed by atoms with Gasteiger partial charge in [-0.15, -0.1) is 0 Å². The highest BCUT2D eigenvalue weighted by molar-refractivity contribution is 6.66. The van der Waals surface area contributed by atoms with Gasteiger partial charge in [0.1, 0.15) is 0 Å². The molecular weight excluding hydrogens is 292 g/mol. The molecule has 126 valence electrons. The summed E-state index contributed by atoms with van der Waals surface area (Å²) in [6.07, 6.45) is 2.95. The van der Waals surface area contributed by atoms with Gasteiger partial charge in [-0.05, 0) is 52.5 Å². The standard InChI is InChI=1S/C15H25NO2Si.C2H7N/c1-4-17-19(3,18-5-2)13-9-12-16-14-15-10-7-6-8-11-15;1-3-2/h6-8,10-11,14H,4-5,9,12-13H2,1-3H3;3H,1-2H3. The van der Waals surface area contributed by atoms with Crippen molar-refractivity contribution in [3.63, 3.8) is 0 Å². The van der Waals surface area contributed by atoms with Crippen LogP contribution in [0.3, 0.4) is 0 Å². The third-order valence-corrected chi connectivity index (χ3v) is 5.92. The average molecular weight is 325 g/mol. The maximum Gasteiger partial charge on any atom is 0.334 e. The van der Waals surface area contributed by atoms with E-state index in [1.54, 1.807) is 0 Å². The smallest absolute Gasteiger partial charge is 0.334 e. The van der Waals surface area contributed by atoms with Crippen molar-refractivity contribution in [2.45, 2.75) is 32.9 Å². The number of benzene rings is 1. The zero-order valence-corrected chi connectivity index (χ0v) is 15.8. The lowest BCUT2D eigenvalue weighted by Gasteiger charge is -2.25. The molecule has 0 radical (unpaired) electrons. The molecule has 0 atom stereocenters. The molecule has 0 spiro atoms. The largest absolute Gasteiger partial charge is 0.395 e. The predicted molar refractivity (Wildman–Crippen MR) is 98.2 cm³/mol. The molecule has 22 heavy (non-hydrogen) atoms. The van der Waals surface area contributed by atoms with Crippen LogP contribution in [0.5, 0.6) is 0 Å². The molecule has 5 heteroatoms. The summed E-state index contributed by atoms with van der Waals surface area (Å²) in [5.41, 5.74) is 1.15. The van der Waals surface area contributed by atoms with Gasteiger partial charge in [-0.1, -0.05) is 30.3 Å². The van der Waals surface area contributed by atoms with E-state index in [0.29, 0.717) is 0 Å². The second kappa shape index (κ2) is 13.6. The zero-order valence-electron chi connectivity index (χ0n) is 14.8. The summed E-state index contributed by atoms with van der Waals surface area (Å²) in [7, 11) is 1.80. The molecule has 1 rings (SSSR count). The van der Waals surface area contributed by atoms with E-state index in [0.717, 1.165) is 37.8 Å². The highest BCUT2D eigenvalue weighted by Gasteiger charge is 2.29. The molecule has 1 aromatic carbocycles. The Morgan fingerprint density at radius 2 is 1.64 bits per heavy atom. The molecule has 0 aromatic heterocycles. The first kappa shape index (κ1) is 21.0. The average Bonchev–Trinajstić information content (AvgIpc) is 2.49. The van der Waals surface area contributed by atoms with Gasteiger partial charge in [0, 0.05) is 26.0 Å². The van der Waals surface area contributed by atoms with E-state index in [-0.39, 0.29) is 0 Å². The fourth-order valence-corrected chi connectivity index (χ4v) is 4.39. The van der Waals surface area contributed by atoms with E-state index in [2.05, 4.69) is 29.0 Å². The summed E-state index contributed by atoms with van der Waals surface area (Å²) >= 11 is 0. The Balaban J connectivity index is 0.00000135. The van der Waals surface area contributed by atoms with E-state index in [1.165, 1.54) is 0 Å². The second-order valence-corrected chi connectivity index (χ2v) is 8.39. The lowest BCUT2D eigenvalue weighted by Crippen LogP contribution is -2.38. The topological polar surface area (TPSA) is 42.9 Å². The fourth-order valence-electron chi connectivity index (χ4n) is 2.00. The lowest BCUT2D eigenvalue weighted by molar-refractivity contribution is 0.188. The van der Waals surface area contributed by atoms with Gasteiger partial charge in [0.25, 0.3) is 0 Å². The Hall–Kier alpha value is -1.01. The van der Waals surface area contributed by atoms with Gasteiger partial charge in [-0.25, -0.2) is 0 Å². The van der Waals surface area contributed by atoms with Crippen molar-refractivity contribution in [1.29, 1.82) is 0 Å². The van der Waals surface area contributed by atoms with Crippen LogP contribution >= 0.6 is 0 Å². The highest BCUT2D eigenvalue weighted by atomic mass is 28.4. The molecule has 4 nitrogen and oxygen atoms in total. The van der Waals surface area contributed by atoms with Gasteiger partial charge in [-0.3, -0.25) is 4.99 Å². The van der Waals surface area contributed by atoms with Gasteiger partial charge < -0.3 is 14.2 Å². The summed E-state index contributed by atoms with van der Waals surface area (Å²) in [4.78, 5) is 4.45. The minimum absolute atomic E-state index is 0.732. The van der Waals surface area contributed by atoms with Crippen molar-refractivity contribution in [3.8, 4) is 0 Å². The van der Waals surface area contributed by atoms with Crippen LogP contribution in [0.2, 0.25) is 12.6 Å². The SMILES string of the molecule is CCO[Si](C)(CCCN=Cc1ccccc1)OCC.CNC. The maximum absolute atomic E-state index is 5.80. The molecule has 0 fully saturated rings. The molecule has 0 heterocycles. The molecule has 1 N–H and O–H groups in total. The molecule has 0 unspecified atom stereocenters. The maximum atomic E-state index is 5.80. The van der Waals surface area contributed by atoms with Gasteiger partial charge in [-0.2, -0.15) is 0 Å². The van der Waals surface area contributed by atoms with Crippen molar-refractivity contribution in [2.24, 2.45) is 4.99 Å². The summed E-state index contributed by atoms with van der Waals surface area (Å²) in [6, 6.07) is 11.2. The quantitative estimate of drug-likeness (QED) is 0.430. The van der Waals surface area contributed by atoms with Crippen molar-refractivity contribution in [2.75, 3.05) is 33.9 Å². The fraction of sp³-hybridized carbons (Fsp3) is 0.588. The number of hydrogen-bond acceptors (Lipinski definition) is 4. The number of rotatable bonds is 9. The Kier molecular flexibility index (Phi) is 13.0. The molecule has 0 aliphatic rings. The molecule has 0 amide bonds. The van der Waals surface area contributed by atoms with Gasteiger partial charge in [0.15, 0.2) is 0 Å². The third kappa shape index (κ3) is 10.7. The number of hydrogen-bond donors (Lipinski definition) is 1. The minimum Gasteiger partial charge on any atom is -0.395 e. The van der Waals surface area contributed by atoms with E-state index in [4.69, 9.17) is 8.85 Å². The van der Waals surface area contributed by atoms with E-state index in [1.807, 2.05) is 52.4 Å². The van der Waals surface area contributed by atoms with Crippen molar-refractivity contribution in [1.82, 2.24) is 5.32 Å². The third-order valence-electron chi connectivity index (χ3n) is 2.86. The Labute approximate surface area is 137 Å². The van der Waals surface area contributed by atoms with Crippen LogP contribution in [0.4, 0.5) is 0 Å². The molecule has 0 aliphatic carbocycles. The van der Waals surface area contributed by atoms with Crippen molar-refractivity contribution < 1.29 is 8.85 Å². The van der Waals surface area contributed by atoms with Gasteiger partial charge in [0.2, 0.25) is 0 Å². The van der Waals surface area contributed by atoms with Crippen LogP contribution in [0.1, 0.15) is 25.8 Å². The van der Waals surface area contributed by atoms with E-state index < -0.39 is 8.56 Å². The summed E-state index contributed by atoms with van der Waals surface area (Å²) < 4.78 is 11.6. The van der Waals surface area contributed by atoms with Crippen LogP contribution in [0, 0.1) is 0 Å². The second-order valence-electron chi connectivity index (χ2n) is 5.05. The molecule has 0 saturated heterocycles. The molecular formula is C17H32N2O2Si. The number of aliphatic imine (C=N–C) groups is 1. The molecule has 0 bridgehead atoms. The Bertz CT molecular complexity index is 380. The van der Waals surface area contributed by atoms with Crippen LogP contribution in [0.15, 0.2) is 35.3 Å². The van der Waals surface area contributed by atoms with Crippen LogP contribution in [-0.4, -0.2) is 48.6 Å². The first-order chi connectivity index (χ1) is 10.6. The monoisotopic (exact) mass is 324 g/mol.